The number of imidazole rings is 1. The minimum absolute atomic E-state index is 0.317. The number of hydrogen-bond acceptors (Lipinski definition) is 4. The van der Waals surface area contributed by atoms with Crippen molar-refractivity contribution in [3.8, 4) is 0 Å². The fraction of sp³-hybridized carbons (Fsp3) is 0.727. The Bertz CT molecular complexity index is 453. The van der Waals surface area contributed by atoms with Gasteiger partial charge in [0.1, 0.15) is 9.84 Å². The SMILES string of the molecule is CCn1cncc1CNC1CCS(=O)(=O)CC1. The molecule has 0 saturated carbocycles. The first-order valence-electron chi connectivity index (χ1n) is 6.03. The van der Waals surface area contributed by atoms with Gasteiger partial charge in [0.15, 0.2) is 0 Å². The highest BCUT2D eigenvalue weighted by atomic mass is 32.2. The van der Waals surface area contributed by atoms with Gasteiger partial charge in [0.2, 0.25) is 0 Å². The van der Waals surface area contributed by atoms with E-state index in [1.807, 2.05) is 12.5 Å². The van der Waals surface area contributed by atoms with E-state index < -0.39 is 9.84 Å². The fourth-order valence-corrected chi connectivity index (χ4v) is 3.61. The van der Waals surface area contributed by atoms with E-state index in [0.717, 1.165) is 31.6 Å². The molecule has 0 bridgehead atoms. The van der Waals surface area contributed by atoms with E-state index in [2.05, 4.69) is 21.8 Å². The Morgan fingerprint density at radius 2 is 2.18 bits per heavy atom. The van der Waals surface area contributed by atoms with Gasteiger partial charge in [0.25, 0.3) is 0 Å². The van der Waals surface area contributed by atoms with E-state index in [4.69, 9.17) is 0 Å². The molecule has 1 saturated heterocycles. The van der Waals surface area contributed by atoms with Crippen molar-refractivity contribution in [1.82, 2.24) is 14.9 Å². The van der Waals surface area contributed by atoms with Crippen LogP contribution in [-0.4, -0.2) is 35.5 Å². The molecule has 1 N–H and O–H groups in total. The van der Waals surface area contributed by atoms with Crippen LogP contribution in [0, 0.1) is 0 Å². The van der Waals surface area contributed by atoms with Crippen LogP contribution in [0.15, 0.2) is 12.5 Å². The van der Waals surface area contributed by atoms with E-state index in [9.17, 15) is 8.42 Å². The lowest BCUT2D eigenvalue weighted by Crippen LogP contribution is -2.37. The summed E-state index contributed by atoms with van der Waals surface area (Å²) >= 11 is 0. The normalized spacial score (nSPS) is 20.5. The Labute approximate surface area is 102 Å². The molecule has 96 valence electrons. The third-order valence-corrected chi connectivity index (χ3v) is 4.98. The van der Waals surface area contributed by atoms with Crippen LogP contribution in [0.25, 0.3) is 0 Å². The maximum absolute atomic E-state index is 11.3. The molecule has 17 heavy (non-hydrogen) atoms. The van der Waals surface area contributed by atoms with E-state index >= 15 is 0 Å². The summed E-state index contributed by atoms with van der Waals surface area (Å²) in [6, 6.07) is 0.318. The number of nitrogens with zero attached hydrogens (tertiary/aromatic N) is 2. The summed E-state index contributed by atoms with van der Waals surface area (Å²) in [7, 11) is -2.76. The lowest BCUT2D eigenvalue weighted by Gasteiger charge is -2.23. The van der Waals surface area contributed by atoms with Crippen LogP contribution >= 0.6 is 0 Å². The first-order valence-corrected chi connectivity index (χ1v) is 7.85. The minimum Gasteiger partial charge on any atom is -0.334 e. The van der Waals surface area contributed by atoms with Crippen molar-refractivity contribution < 1.29 is 8.42 Å². The van der Waals surface area contributed by atoms with E-state index in [0.29, 0.717) is 17.5 Å². The quantitative estimate of drug-likeness (QED) is 0.856. The Hall–Kier alpha value is -0.880. The second kappa shape index (κ2) is 5.18. The fourth-order valence-electron chi connectivity index (χ4n) is 2.12. The predicted octanol–water partition coefficient (Wildman–Crippen LogP) is 0.570. The van der Waals surface area contributed by atoms with Crippen LogP contribution in [0.2, 0.25) is 0 Å². The Morgan fingerprint density at radius 3 is 2.82 bits per heavy atom. The minimum atomic E-state index is -2.76. The maximum atomic E-state index is 11.3. The van der Waals surface area contributed by atoms with Crippen molar-refractivity contribution in [2.45, 2.75) is 38.9 Å². The van der Waals surface area contributed by atoms with Crippen LogP contribution in [0.5, 0.6) is 0 Å². The number of aromatic nitrogens is 2. The van der Waals surface area contributed by atoms with Crippen LogP contribution in [0.1, 0.15) is 25.5 Å². The summed E-state index contributed by atoms with van der Waals surface area (Å²) < 4.78 is 24.7. The molecule has 0 radical (unpaired) electrons. The highest BCUT2D eigenvalue weighted by Crippen LogP contribution is 2.12. The summed E-state index contributed by atoms with van der Waals surface area (Å²) in [5.74, 6) is 0.634. The van der Waals surface area contributed by atoms with Crippen molar-refractivity contribution in [2.75, 3.05) is 11.5 Å². The molecule has 0 unspecified atom stereocenters. The molecular weight excluding hydrogens is 238 g/mol. The standard InChI is InChI=1S/C11H19N3O2S/c1-2-14-9-12-7-11(14)8-13-10-3-5-17(15,16)6-4-10/h7,9-10,13H,2-6,8H2,1H3. The highest BCUT2D eigenvalue weighted by Gasteiger charge is 2.23. The molecule has 0 amide bonds. The van der Waals surface area contributed by atoms with E-state index in [1.54, 1.807) is 0 Å². The van der Waals surface area contributed by atoms with Crippen molar-refractivity contribution in [3.05, 3.63) is 18.2 Å². The highest BCUT2D eigenvalue weighted by molar-refractivity contribution is 7.91. The lowest BCUT2D eigenvalue weighted by atomic mass is 10.1. The Balaban J connectivity index is 1.84. The van der Waals surface area contributed by atoms with Crippen LogP contribution in [0.4, 0.5) is 0 Å². The maximum Gasteiger partial charge on any atom is 0.150 e. The molecule has 2 rings (SSSR count). The zero-order chi connectivity index (χ0) is 12.3. The molecule has 0 aliphatic carbocycles. The molecule has 1 aromatic rings. The molecule has 1 aromatic heterocycles. The summed E-state index contributed by atoms with van der Waals surface area (Å²) in [5, 5.41) is 3.41. The number of nitrogens with one attached hydrogen (secondary N) is 1. The van der Waals surface area contributed by atoms with Gasteiger partial charge < -0.3 is 9.88 Å². The molecular formula is C11H19N3O2S. The lowest BCUT2D eigenvalue weighted by molar-refractivity contribution is 0.455. The average Bonchev–Trinajstić information content (AvgIpc) is 2.75. The summed E-state index contributed by atoms with van der Waals surface area (Å²) in [5.41, 5.74) is 1.15. The van der Waals surface area contributed by atoms with Gasteiger partial charge in [-0.3, -0.25) is 0 Å². The third-order valence-electron chi connectivity index (χ3n) is 3.27. The average molecular weight is 257 g/mol. The third kappa shape index (κ3) is 3.29. The van der Waals surface area contributed by atoms with Crippen LogP contribution in [-0.2, 0) is 22.9 Å². The predicted molar refractivity (Wildman–Crippen MR) is 66.4 cm³/mol. The summed E-state index contributed by atoms with van der Waals surface area (Å²) in [6.45, 7) is 3.76. The molecule has 0 spiro atoms. The zero-order valence-electron chi connectivity index (χ0n) is 10.1. The van der Waals surface area contributed by atoms with Gasteiger partial charge in [-0.1, -0.05) is 0 Å². The molecule has 0 atom stereocenters. The van der Waals surface area contributed by atoms with Crippen molar-refractivity contribution >= 4 is 9.84 Å². The topological polar surface area (TPSA) is 64.0 Å². The second-order valence-electron chi connectivity index (χ2n) is 4.48. The molecule has 1 aliphatic rings. The zero-order valence-corrected chi connectivity index (χ0v) is 10.9. The summed E-state index contributed by atoms with van der Waals surface area (Å²) in [4.78, 5) is 4.11. The van der Waals surface area contributed by atoms with Gasteiger partial charge in [-0.05, 0) is 19.8 Å². The van der Waals surface area contributed by atoms with Gasteiger partial charge >= 0.3 is 0 Å². The Kier molecular flexibility index (Phi) is 3.83. The van der Waals surface area contributed by atoms with Crippen molar-refractivity contribution in [1.29, 1.82) is 0 Å². The molecule has 0 aromatic carbocycles. The summed E-state index contributed by atoms with van der Waals surface area (Å²) in [6.07, 6.45) is 5.13. The van der Waals surface area contributed by atoms with Gasteiger partial charge in [0, 0.05) is 25.3 Å². The first-order chi connectivity index (χ1) is 8.11. The van der Waals surface area contributed by atoms with Gasteiger partial charge in [-0.25, -0.2) is 13.4 Å². The number of aryl methyl sites for hydroxylation is 1. The number of rotatable bonds is 4. The molecule has 1 fully saturated rings. The van der Waals surface area contributed by atoms with Gasteiger partial charge in [-0.2, -0.15) is 0 Å². The van der Waals surface area contributed by atoms with Gasteiger partial charge in [0.05, 0.1) is 23.5 Å². The van der Waals surface area contributed by atoms with Crippen molar-refractivity contribution in [3.63, 3.8) is 0 Å². The number of hydrogen-bond donors (Lipinski definition) is 1. The molecule has 2 heterocycles. The van der Waals surface area contributed by atoms with E-state index in [1.165, 1.54) is 0 Å². The monoisotopic (exact) mass is 257 g/mol. The smallest absolute Gasteiger partial charge is 0.150 e. The molecule has 5 nitrogen and oxygen atoms in total. The molecule has 1 aliphatic heterocycles. The Morgan fingerprint density at radius 1 is 1.47 bits per heavy atom. The molecule has 6 heteroatoms. The second-order valence-corrected chi connectivity index (χ2v) is 6.78. The van der Waals surface area contributed by atoms with Crippen LogP contribution < -0.4 is 5.32 Å². The van der Waals surface area contributed by atoms with Gasteiger partial charge in [-0.15, -0.1) is 0 Å². The number of sulfone groups is 1. The largest absolute Gasteiger partial charge is 0.334 e. The van der Waals surface area contributed by atoms with E-state index in [-0.39, 0.29) is 0 Å². The van der Waals surface area contributed by atoms with Crippen LogP contribution in [0.3, 0.4) is 0 Å². The first kappa shape index (κ1) is 12.6. The van der Waals surface area contributed by atoms with Crippen molar-refractivity contribution in [2.24, 2.45) is 0 Å².